The first-order chi connectivity index (χ1) is 15.1. The zero-order chi connectivity index (χ0) is 23.5. The highest BCUT2D eigenvalue weighted by molar-refractivity contribution is 7.91. The molecule has 11 heteroatoms. The summed E-state index contributed by atoms with van der Waals surface area (Å²) in [7, 11) is -3.90. The molecule has 0 N–H and O–H groups in total. The summed E-state index contributed by atoms with van der Waals surface area (Å²) in [5, 5.41) is 0. The zero-order valence-electron chi connectivity index (χ0n) is 18.8. The highest BCUT2D eigenvalue weighted by atomic mass is 32.2. The number of hydrogen-bond donors (Lipinski definition) is 0. The van der Waals surface area contributed by atoms with Crippen LogP contribution in [0.1, 0.15) is 32.6 Å². The van der Waals surface area contributed by atoms with Crippen molar-refractivity contribution in [3.63, 3.8) is 0 Å². The standard InChI is InChI=1S/C21H32N2O7S2/c1-4-10-23(17-9-13-31(25,26)15-17)21(24)16-7-11-22(12-8-16)32(27,28)18-5-6-19(29-2)20(14-18)30-3/h5-6,14,16-17H,4,7-13,15H2,1-3H3/t17-/m1/s1. The first kappa shape index (κ1) is 24.8. The van der Waals surface area contributed by atoms with Crippen LogP contribution in [0.25, 0.3) is 0 Å². The minimum atomic E-state index is -3.74. The summed E-state index contributed by atoms with van der Waals surface area (Å²) in [4.78, 5) is 15.0. The number of ether oxygens (including phenoxy) is 2. The lowest BCUT2D eigenvalue weighted by Gasteiger charge is -2.35. The van der Waals surface area contributed by atoms with Crippen molar-refractivity contribution in [1.82, 2.24) is 9.21 Å². The van der Waals surface area contributed by atoms with Crippen LogP contribution in [0.5, 0.6) is 11.5 Å². The van der Waals surface area contributed by atoms with Crippen molar-refractivity contribution in [2.24, 2.45) is 5.92 Å². The van der Waals surface area contributed by atoms with Crippen LogP contribution >= 0.6 is 0 Å². The molecule has 0 unspecified atom stereocenters. The molecule has 0 saturated carbocycles. The summed E-state index contributed by atoms with van der Waals surface area (Å²) >= 11 is 0. The number of hydrogen-bond acceptors (Lipinski definition) is 7. The van der Waals surface area contributed by atoms with Gasteiger partial charge >= 0.3 is 0 Å². The third kappa shape index (κ3) is 5.20. The fourth-order valence-electron chi connectivity index (χ4n) is 4.44. The fraction of sp³-hybridized carbons (Fsp3) is 0.667. The van der Waals surface area contributed by atoms with E-state index in [-0.39, 0.29) is 47.4 Å². The van der Waals surface area contributed by atoms with Crippen LogP contribution < -0.4 is 9.47 Å². The van der Waals surface area contributed by atoms with E-state index in [1.807, 2.05) is 6.92 Å². The SMILES string of the molecule is CCCN(C(=O)C1CCN(S(=O)(=O)c2ccc(OC)c(OC)c2)CC1)[C@@H]1CCS(=O)(=O)C1. The van der Waals surface area contributed by atoms with Gasteiger partial charge in [-0.15, -0.1) is 0 Å². The molecule has 2 heterocycles. The van der Waals surface area contributed by atoms with Crippen molar-refractivity contribution >= 4 is 25.8 Å². The van der Waals surface area contributed by atoms with Gasteiger partial charge in [-0.3, -0.25) is 4.79 Å². The molecular weight excluding hydrogens is 456 g/mol. The van der Waals surface area contributed by atoms with E-state index in [1.165, 1.54) is 30.7 Å². The summed E-state index contributed by atoms with van der Waals surface area (Å²) < 4.78 is 61.8. The summed E-state index contributed by atoms with van der Waals surface area (Å²) in [6.07, 6.45) is 2.03. The van der Waals surface area contributed by atoms with E-state index < -0.39 is 19.9 Å². The number of nitrogens with zero attached hydrogens (tertiary/aromatic N) is 2. The number of methoxy groups -OCH3 is 2. The Bertz CT molecular complexity index is 1030. The number of benzene rings is 1. The van der Waals surface area contributed by atoms with Crippen LogP contribution in [0.2, 0.25) is 0 Å². The average Bonchev–Trinajstić information content (AvgIpc) is 3.15. The topological polar surface area (TPSA) is 110 Å². The van der Waals surface area contributed by atoms with Gasteiger partial charge in [0, 0.05) is 37.7 Å². The predicted octanol–water partition coefficient (Wildman–Crippen LogP) is 1.53. The maximum Gasteiger partial charge on any atom is 0.243 e. The second-order valence-electron chi connectivity index (χ2n) is 8.28. The first-order valence-corrected chi connectivity index (χ1v) is 14.1. The van der Waals surface area contributed by atoms with Gasteiger partial charge in [-0.25, -0.2) is 16.8 Å². The smallest absolute Gasteiger partial charge is 0.243 e. The number of piperidine rings is 1. The van der Waals surface area contributed by atoms with Gasteiger partial charge in [-0.05, 0) is 37.8 Å². The van der Waals surface area contributed by atoms with Gasteiger partial charge in [-0.1, -0.05) is 6.92 Å². The Kier molecular flexibility index (Phi) is 7.72. The number of carbonyl (C=O) groups is 1. The molecule has 2 saturated heterocycles. The summed E-state index contributed by atoms with van der Waals surface area (Å²) in [5.41, 5.74) is 0. The molecule has 3 rings (SSSR count). The maximum atomic E-state index is 13.2. The second-order valence-corrected chi connectivity index (χ2v) is 12.5. The van der Waals surface area contributed by atoms with Crippen LogP contribution in [0.3, 0.4) is 0 Å². The van der Waals surface area contributed by atoms with E-state index in [1.54, 1.807) is 11.0 Å². The molecule has 0 aromatic heterocycles. The van der Waals surface area contributed by atoms with Gasteiger partial charge in [0.1, 0.15) is 0 Å². The van der Waals surface area contributed by atoms with Gasteiger partial charge in [-0.2, -0.15) is 4.31 Å². The lowest BCUT2D eigenvalue weighted by atomic mass is 9.95. The molecule has 180 valence electrons. The molecule has 1 atom stereocenters. The molecule has 2 aliphatic heterocycles. The van der Waals surface area contributed by atoms with Crippen molar-refractivity contribution in [1.29, 1.82) is 0 Å². The highest BCUT2D eigenvalue weighted by Gasteiger charge is 2.39. The molecular formula is C21H32N2O7S2. The summed E-state index contributed by atoms with van der Waals surface area (Å²) in [6, 6.07) is 4.20. The van der Waals surface area contributed by atoms with E-state index in [2.05, 4.69) is 0 Å². The quantitative estimate of drug-likeness (QED) is 0.546. The number of rotatable bonds is 8. The lowest BCUT2D eigenvalue weighted by molar-refractivity contribution is -0.138. The van der Waals surface area contributed by atoms with Crippen molar-refractivity contribution in [2.45, 2.75) is 43.5 Å². The minimum Gasteiger partial charge on any atom is -0.493 e. The highest BCUT2D eigenvalue weighted by Crippen LogP contribution is 2.32. The molecule has 0 spiro atoms. The van der Waals surface area contributed by atoms with E-state index in [9.17, 15) is 21.6 Å². The molecule has 32 heavy (non-hydrogen) atoms. The molecule has 1 aromatic rings. The molecule has 0 bridgehead atoms. The van der Waals surface area contributed by atoms with Gasteiger partial charge in [0.25, 0.3) is 0 Å². The van der Waals surface area contributed by atoms with Crippen molar-refractivity contribution in [2.75, 3.05) is 45.4 Å². The van der Waals surface area contributed by atoms with Gasteiger partial charge in [0.15, 0.2) is 21.3 Å². The van der Waals surface area contributed by atoms with Crippen LogP contribution in [0.4, 0.5) is 0 Å². The van der Waals surface area contributed by atoms with Crippen LogP contribution in [0.15, 0.2) is 23.1 Å². The normalized spacial score (nSPS) is 21.9. The summed E-state index contributed by atoms with van der Waals surface area (Å²) in [5.74, 6) is 0.554. The third-order valence-electron chi connectivity index (χ3n) is 6.19. The van der Waals surface area contributed by atoms with E-state index >= 15 is 0 Å². The molecule has 0 radical (unpaired) electrons. The Labute approximate surface area is 190 Å². The Hall–Kier alpha value is -1.85. The molecule has 1 amide bonds. The minimum absolute atomic E-state index is 0.0191. The van der Waals surface area contributed by atoms with Gasteiger partial charge in [0.2, 0.25) is 15.9 Å². The van der Waals surface area contributed by atoms with Gasteiger partial charge in [0.05, 0.1) is 30.6 Å². The second kappa shape index (κ2) is 9.96. The number of carbonyl (C=O) groups excluding carboxylic acids is 1. The van der Waals surface area contributed by atoms with Crippen molar-refractivity contribution < 1.29 is 31.1 Å². The largest absolute Gasteiger partial charge is 0.493 e. The van der Waals surface area contributed by atoms with Crippen LogP contribution in [-0.4, -0.2) is 83.3 Å². The number of sulfone groups is 1. The molecule has 9 nitrogen and oxygen atoms in total. The predicted molar refractivity (Wildman–Crippen MR) is 120 cm³/mol. The lowest BCUT2D eigenvalue weighted by Crippen LogP contribution is -2.48. The maximum absolute atomic E-state index is 13.2. The molecule has 2 fully saturated rings. The first-order valence-electron chi connectivity index (χ1n) is 10.9. The third-order valence-corrected chi connectivity index (χ3v) is 9.84. The monoisotopic (exact) mass is 488 g/mol. The molecule has 0 aliphatic carbocycles. The Morgan fingerprint density at radius 3 is 2.31 bits per heavy atom. The fourth-order valence-corrected chi connectivity index (χ4v) is 7.65. The number of amides is 1. The molecule has 2 aliphatic rings. The molecule has 1 aromatic carbocycles. The van der Waals surface area contributed by atoms with E-state index in [0.29, 0.717) is 37.3 Å². The van der Waals surface area contributed by atoms with E-state index in [4.69, 9.17) is 9.47 Å². The van der Waals surface area contributed by atoms with Crippen LogP contribution in [0, 0.1) is 5.92 Å². The Balaban J connectivity index is 1.69. The Morgan fingerprint density at radius 1 is 1.12 bits per heavy atom. The average molecular weight is 489 g/mol. The Morgan fingerprint density at radius 2 is 1.78 bits per heavy atom. The van der Waals surface area contributed by atoms with Crippen LogP contribution in [-0.2, 0) is 24.7 Å². The summed E-state index contributed by atoms with van der Waals surface area (Å²) in [6.45, 7) is 2.94. The van der Waals surface area contributed by atoms with Crippen molar-refractivity contribution in [3.8, 4) is 11.5 Å². The van der Waals surface area contributed by atoms with Gasteiger partial charge < -0.3 is 14.4 Å². The van der Waals surface area contributed by atoms with Crippen molar-refractivity contribution in [3.05, 3.63) is 18.2 Å². The van der Waals surface area contributed by atoms with E-state index in [0.717, 1.165) is 6.42 Å². The number of sulfonamides is 1. The zero-order valence-corrected chi connectivity index (χ0v) is 20.5.